The van der Waals surface area contributed by atoms with Crippen LogP contribution in [-0.2, 0) is 0 Å². The number of nitrogens with one attached hydrogen (secondary N) is 1. The van der Waals surface area contributed by atoms with Crippen molar-refractivity contribution in [2.75, 3.05) is 0 Å². The fourth-order valence-electron chi connectivity index (χ4n) is 2.04. The Hall–Kier alpha value is -1.88. The standard InChI is InChI=1S/C15H15BrN2O2/c1-9-6-10(2)12(11(3)7-9)8-17-18-15(19)13-4-5-14(16)20-13/h4-8H,1-3H3,(H,18,19)/b17-8-. The molecule has 4 nitrogen and oxygen atoms in total. The molecule has 0 aliphatic heterocycles. The van der Waals surface area contributed by atoms with Gasteiger partial charge in [0.05, 0.1) is 6.21 Å². The van der Waals surface area contributed by atoms with Crippen LogP contribution in [0.15, 0.2) is 38.5 Å². The highest BCUT2D eigenvalue weighted by atomic mass is 79.9. The first-order valence-corrected chi connectivity index (χ1v) is 6.93. The van der Waals surface area contributed by atoms with Crippen molar-refractivity contribution in [3.8, 4) is 0 Å². The average Bonchev–Trinajstić information content (AvgIpc) is 2.79. The van der Waals surface area contributed by atoms with E-state index in [1.54, 1.807) is 18.3 Å². The number of hydrazone groups is 1. The number of nitrogens with zero attached hydrogens (tertiary/aromatic N) is 1. The van der Waals surface area contributed by atoms with Gasteiger partial charge in [0.25, 0.3) is 0 Å². The fourth-order valence-corrected chi connectivity index (χ4v) is 2.35. The summed E-state index contributed by atoms with van der Waals surface area (Å²) in [7, 11) is 0. The molecule has 0 unspecified atom stereocenters. The van der Waals surface area contributed by atoms with E-state index in [9.17, 15) is 4.79 Å². The average molecular weight is 335 g/mol. The van der Waals surface area contributed by atoms with E-state index in [-0.39, 0.29) is 11.7 Å². The van der Waals surface area contributed by atoms with Gasteiger partial charge in [-0.05, 0) is 60.0 Å². The summed E-state index contributed by atoms with van der Waals surface area (Å²) in [6.45, 7) is 6.09. The lowest BCUT2D eigenvalue weighted by atomic mass is 10.0. The first-order valence-electron chi connectivity index (χ1n) is 6.14. The molecule has 5 heteroatoms. The predicted octanol–water partition coefficient (Wildman–Crippen LogP) is 3.73. The topological polar surface area (TPSA) is 54.6 Å². The molecule has 0 bridgehead atoms. The zero-order chi connectivity index (χ0) is 14.7. The summed E-state index contributed by atoms with van der Waals surface area (Å²) in [5, 5.41) is 3.98. The van der Waals surface area contributed by atoms with Crippen molar-refractivity contribution < 1.29 is 9.21 Å². The van der Waals surface area contributed by atoms with Crippen LogP contribution >= 0.6 is 15.9 Å². The van der Waals surface area contributed by atoms with Gasteiger partial charge in [-0.2, -0.15) is 5.10 Å². The summed E-state index contributed by atoms with van der Waals surface area (Å²) in [5.41, 5.74) is 6.92. The molecule has 0 fully saturated rings. The van der Waals surface area contributed by atoms with Gasteiger partial charge >= 0.3 is 5.91 Å². The number of aryl methyl sites for hydroxylation is 3. The Labute approximate surface area is 126 Å². The zero-order valence-electron chi connectivity index (χ0n) is 11.5. The number of benzene rings is 1. The van der Waals surface area contributed by atoms with Crippen LogP contribution in [0.1, 0.15) is 32.8 Å². The van der Waals surface area contributed by atoms with Crippen molar-refractivity contribution in [3.63, 3.8) is 0 Å². The fraction of sp³-hybridized carbons (Fsp3) is 0.200. The van der Waals surface area contributed by atoms with E-state index >= 15 is 0 Å². The number of hydrogen-bond acceptors (Lipinski definition) is 3. The Morgan fingerprint density at radius 3 is 2.45 bits per heavy atom. The molecular formula is C15H15BrN2O2. The first-order chi connectivity index (χ1) is 9.47. The number of rotatable bonds is 3. The molecule has 1 N–H and O–H groups in total. The van der Waals surface area contributed by atoms with Crippen LogP contribution in [0.2, 0.25) is 0 Å². The van der Waals surface area contributed by atoms with Gasteiger partial charge in [-0.3, -0.25) is 4.79 Å². The van der Waals surface area contributed by atoms with Crippen molar-refractivity contribution >= 4 is 28.1 Å². The van der Waals surface area contributed by atoms with Crippen molar-refractivity contribution in [1.82, 2.24) is 5.43 Å². The van der Waals surface area contributed by atoms with E-state index < -0.39 is 0 Å². The molecule has 0 atom stereocenters. The number of carbonyl (C=O) groups excluding carboxylic acids is 1. The highest BCUT2D eigenvalue weighted by Gasteiger charge is 2.09. The van der Waals surface area contributed by atoms with Gasteiger partial charge in [-0.15, -0.1) is 0 Å². The lowest BCUT2D eigenvalue weighted by Gasteiger charge is -2.06. The Morgan fingerprint density at radius 1 is 1.25 bits per heavy atom. The van der Waals surface area contributed by atoms with Crippen molar-refractivity contribution in [1.29, 1.82) is 0 Å². The molecule has 0 saturated heterocycles. The van der Waals surface area contributed by atoms with Crippen molar-refractivity contribution in [2.45, 2.75) is 20.8 Å². The molecule has 2 aromatic rings. The highest BCUT2D eigenvalue weighted by molar-refractivity contribution is 9.10. The van der Waals surface area contributed by atoms with Crippen LogP contribution in [0.5, 0.6) is 0 Å². The van der Waals surface area contributed by atoms with Crippen molar-refractivity contribution in [3.05, 3.63) is 56.9 Å². The number of halogens is 1. The lowest BCUT2D eigenvalue weighted by Crippen LogP contribution is -2.17. The molecule has 20 heavy (non-hydrogen) atoms. The van der Waals surface area contributed by atoms with Crippen molar-refractivity contribution in [2.24, 2.45) is 5.10 Å². The number of amides is 1. The van der Waals surface area contributed by atoms with Gasteiger partial charge in [0, 0.05) is 5.56 Å². The third-order valence-electron chi connectivity index (χ3n) is 2.89. The third kappa shape index (κ3) is 3.36. The second kappa shape index (κ2) is 6.05. The van der Waals surface area contributed by atoms with Crippen LogP contribution in [-0.4, -0.2) is 12.1 Å². The minimum Gasteiger partial charge on any atom is -0.444 e. The van der Waals surface area contributed by atoms with Crippen LogP contribution in [0.3, 0.4) is 0 Å². The predicted molar refractivity (Wildman–Crippen MR) is 82.1 cm³/mol. The summed E-state index contributed by atoms with van der Waals surface area (Å²) in [6, 6.07) is 7.41. The molecule has 1 heterocycles. The Bertz CT molecular complexity index is 651. The molecule has 1 amide bonds. The Kier molecular flexibility index (Phi) is 4.39. The molecule has 1 aromatic heterocycles. The molecule has 1 aromatic carbocycles. The van der Waals surface area contributed by atoms with Gasteiger partial charge < -0.3 is 4.42 Å². The van der Waals surface area contributed by atoms with E-state index in [0.29, 0.717) is 4.67 Å². The normalized spacial score (nSPS) is 11.0. The molecule has 0 saturated carbocycles. The molecule has 0 spiro atoms. The largest absolute Gasteiger partial charge is 0.444 e. The van der Waals surface area contributed by atoms with Gasteiger partial charge in [0.15, 0.2) is 10.4 Å². The van der Waals surface area contributed by atoms with Crippen LogP contribution in [0, 0.1) is 20.8 Å². The highest BCUT2D eigenvalue weighted by Crippen LogP contribution is 2.15. The van der Waals surface area contributed by atoms with Crippen LogP contribution < -0.4 is 5.43 Å². The van der Waals surface area contributed by atoms with Crippen LogP contribution in [0.25, 0.3) is 0 Å². The minimum absolute atomic E-state index is 0.214. The van der Waals surface area contributed by atoms with Gasteiger partial charge in [0.2, 0.25) is 0 Å². The zero-order valence-corrected chi connectivity index (χ0v) is 13.1. The van der Waals surface area contributed by atoms with E-state index in [2.05, 4.69) is 45.5 Å². The molecule has 104 valence electrons. The summed E-state index contributed by atoms with van der Waals surface area (Å²) in [6.07, 6.45) is 1.65. The molecular weight excluding hydrogens is 320 g/mol. The molecule has 0 aliphatic rings. The van der Waals surface area contributed by atoms with E-state index in [4.69, 9.17) is 4.42 Å². The van der Waals surface area contributed by atoms with E-state index in [0.717, 1.165) is 16.7 Å². The number of carbonyl (C=O) groups is 1. The quantitative estimate of drug-likeness (QED) is 0.686. The smallest absolute Gasteiger partial charge is 0.307 e. The first kappa shape index (κ1) is 14.5. The van der Waals surface area contributed by atoms with E-state index in [1.807, 2.05) is 13.8 Å². The maximum Gasteiger partial charge on any atom is 0.307 e. The second-order valence-corrected chi connectivity index (χ2v) is 5.40. The minimum atomic E-state index is -0.380. The second-order valence-electron chi connectivity index (χ2n) is 4.62. The maximum atomic E-state index is 11.7. The molecule has 2 rings (SSSR count). The summed E-state index contributed by atoms with van der Waals surface area (Å²) >= 11 is 3.15. The summed E-state index contributed by atoms with van der Waals surface area (Å²) < 4.78 is 5.65. The Morgan fingerprint density at radius 2 is 1.90 bits per heavy atom. The van der Waals surface area contributed by atoms with Crippen LogP contribution in [0.4, 0.5) is 0 Å². The number of hydrogen-bond donors (Lipinski definition) is 1. The SMILES string of the molecule is Cc1cc(C)c(/C=N\NC(=O)c2ccc(Br)o2)c(C)c1. The summed E-state index contributed by atoms with van der Waals surface area (Å²) in [4.78, 5) is 11.7. The Balaban J connectivity index is 2.09. The lowest BCUT2D eigenvalue weighted by molar-refractivity contribution is 0.0926. The third-order valence-corrected chi connectivity index (χ3v) is 3.32. The monoisotopic (exact) mass is 334 g/mol. The maximum absolute atomic E-state index is 11.7. The van der Waals surface area contributed by atoms with Gasteiger partial charge in [0.1, 0.15) is 0 Å². The van der Waals surface area contributed by atoms with Gasteiger partial charge in [-0.1, -0.05) is 17.7 Å². The van der Waals surface area contributed by atoms with Gasteiger partial charge in [-0.25, -0.2) is 5.43 Å². The molecule has 0 aliphatic carbocycles. The van der Waals surface area contributed by atoms with E-state index in [1.165, 1.54) is 5.56 Å². The number of furan rings is 1. The molecule has 0 radical (unpaired) electrons. The summed E-state index contributed by atoms with van der Waals surface area (Å²) in [5.74, 6) is -0.166.